The van der Waals surface area contributed by atoms with Gasteiger partial charge in [0.15, 0.2) is 0 Å². The molecule has 0 atom stereocenters. The fourth-order valence-electron chi connectivity index (χ4n) is 2.07. The van der Waals surface area contributed by atoms with Gasteiger partial charge >= 0.3 is 0 Å². The van der Waals surface area contributed by atoms with Crippen LogP contribution in [0.1, 0.15) is 26.3 Å². The molecule has 1 N–H and O–H groups in total. The summed E-state index contributed by atoms with van der Waals surface area (Å²) < 4.78 is 0. The lowest BCUT2D eigenvalue weighted by molar-refractivity contribution is 0.429. The van der Waals surface area contributed by atoms with Gasteiger partial charge in [-0.1, -0.05) is 36.4 Å². The van der Waals surface area contributed by atoms with Crippen LogP contribution in [0.2, 0.25) is 0 Å². The molecule has 19 heavy (non-hydrogen) atoms. The van der Waals surface area contributed by atoms with Crippen molar-refractivity contribution in [2.45, 2.75) is 32.7 Å². The number of rotatable bonds is 4. The van der Waals surface area contributed by atoms with E-state index >= 15 is 0 Å². The molecule has 100 valence electrons. The topological polar surface area (TPSA) is 24.9 Å². The van der Waals surface area contributed by atoms with E-state index in [0.29, 0.717) is 0 Å². The summed E-state index contributed by atoms with van der Waals surface area (Å²) in [6.45, 7) is 7.53. The number of nitrogens with zero attached hydrogens (tertiary/aromatic N) is 1. The average Bonchev–Trinajstić information content (AvgIpc) is 2.39. The summed E-state index contributed by atoms with van der Waals surface area (Å²) in [5, 5.41) is 3.52. The predicted molar refractivity (Wildman–Crippen MR) is 81.1 cm³/mol. The van der Waals surface area contributed by atoms with Crippen molar-refractivity contribution >= 4 is 0 Å². The smallest absolute Gasteiger partial charge is 0.0734 e. The van der Waals surface area contributed by atoms with Gasteiger partial charge < -0.3 is 5.32 Å². The number of hydrogen-bond donors (Lipinski definition) is 1. The van der Waals surface area contributed by atoms with E-state index in [1.807, 2.05) is 18.3 Å². The summed E-state index contributed by atoms with van der Waals surface area (Å²) in [5.41, 5.74) is 3.74. The highest BCUT2D eigenvalue weighted by molar-refractivity contribution is 5.62. The molecule has 0 aliphatic carbocycles. The zero-order valence-corrected chi connectivity index (χ0v) is 12.0. The molecule has 0 bridgehead atoms. The summed E-state index contributed by atoms with van der Waals surface area (Å²) in [5.74, 6) is 0. The molecule has 0 radical (unpaired) electrons. The molecule has 1 aromatic heterocycles. The minimum Gasteiger partial charge on any atom is -0.312 e. The van der Waals surface area contributed by atoms with Crippen LogP contribution in [0.4, 0.5) is 0 Å². The van der Waals surface area contributed by atoms with Crippen molar-refractivity contribution in [1.29, 1.82) is 0 Å². The van der Waals surface area contributed by atoms with Crippen molar-refractivity contribution in [3.05, 3.63) is 54.2 Å². The molecule has 0 saturated carbocycles. The van der Waals surface area contributed by atoms with Crippen molar-refractivity contribution in [2.75, 3.05) is 6.54 Å². The van der Waals surface area contributed by atoms with E-state index in [0.717, 1.165) is 18.7 Å². The Hall–Kier alpha value is -1.67. The van der Waals surface area contributed by atoms with E-state index in [-0.39, 0.29) is 5.54 Å². The van der Waals surface area contributed by atoms with E-state index < -0.39 is 0 Å². The number of aromatic nitrogens is 1. The number of nitrogens with one attached hydrogen (secondary N) is 1. The van der Waals surface area contributed by atoms with E-state index in [1.165, 1.54) is 11.1 Å². The van der Waals surface area contributed by atoms with Crippen LogP contribution >= 0.6 is 0 Å². The molecule has 2 heteroatoms. The van der Waals surface area contributed by atoms with Crippen LogP contribution in [0.3, 0.4) is 0 Å². The van der Waals surface area contributed by atoms with Crippen LogP contribution in [-0.2, 0) is 6.42 Å². The SMILES string of the molecule is CC(C)(C)NCCc1cccnc1-c1ccccc1. The molecule has 0 amide bonds. The Morgan fingerprint density at radius 3 is 2.42 bits per heavy atom. The van der Waals surface area contributed by atoms with E-state index in [9.17, 15) is 0 Å². The highest BCUT2D eigenvalue weighted by Crippen LogP contribution is 2.20. The third-order valence-electron chi connectivity index (χ3n) is 2.99. The minimum absolute atomic E-state index is 0.162. The lowest BCUT2D eigenvalue weighted by Crippen LogP contribution is -2.37. The van der Waals surface area contributed by atoms with E-state index in [1.54, 1.807) is 0 Å². The minimum atomic E-state index is 0.162. The highest BCUT2D eigenvalue weighted by Gasteiger charge is 2.10. The summed E-state index contributed by atoms with van der Waals surface area (Å²) in [7, 11) is 0. The maximum absolute atomic E-state index is 4.54. The third kappa shape index (κ3) is 4.18. The summed E-state index contributed by atoms with van der Waals surface area (Å²) in [6.07, 6.45) is 2.86. The van der Waals surface area contributed by atoms with Crippen molar-refractivity contribution in [3.63, 3.8) is 0 Å². The second-order valence-electron chi connectivity index (χ2n) is 5.80. The normalized spacial score (nSPS) is 11.5. The Kier molecular flexibility index (Phi) is 4.33. The molecule has 1 heterocycles. The molecule has 0 spiro atoms. The van der Waals surface area contributed by atoms with Crippen molar-refractivity contribution in [1.82, 2.24) is 10.3 Å². The quantitative estimate of drug-likeness (QED) is 0.900. The first-order chi connectivity index (χ1) is 9.06. The zero-order valence-electron chi connectivity index (χ0n) is 12.0. The molecule has 0 saturated heterocycles. The third-order valence-corrected chi connectivity index (χ3v) is 2.99. The Bertz CT molecular complexity index is 512. The van der Waals surface area contributed by atoms with Gasteiger partial charge in [-0.15, -0.1) is 0 Å². The van der Waals surface area contributed by atoms with Crippen LogP contribution in [0, 0.1) is 0 Å². The molecule has 1 aromatic carbocycles. The summed E-state index contributed by atoms with van der Waals surface area (Å²) >= 11 is 0. The van der Waals surface area contributed by atoms with Gasteiger partial charge in [-0.25, -0.2) is 0 Å². The van der Waals surface area contributed by atoms with Gasteiger partial charge in [0, 0.05) is 17.3 Å². The molecule has 0 unspecified atom stereocenters. The Balaban J connectivity index is 2.14. The van der Waals surface area contributed by atoms with Gasteiger partial charge in [-0.2, -0.15) is 0 Å². The van der Waals surface area contributed by atoms with Gasteiger partial charge in [0.05, 0.1) is 5.69 Å². The van der Waals surface area contributed by atoms with Crippen LogP contribution in [0.25, 0.3) is 11.3 Å². The lowest BCUT2D eigenvalue weighted by atomic mass is 10.0. The Morgan fingerprint density at radius 2 is 1.74 bits per heavy atom. The molecule has 2 aromatic rings. The van der Waals surface area contributed by atoms with Gasteiger partial charge in [-0.05, 0) is 45.4 Å². The first kappa shape index (κ1) is 13.8. The fraction of sp³-hybridized carbons (Fsp3) is 0.353. The first-order valence-electron chi connectivity index (χ1n) is 6.80. The summed E-state index contributed by atoms with van der Waals surface area (Å²) in [4.78, 5) is 4.54. The molecule has 0 fully saturated rings. The molecular formula is C17H22N2. The molecule has 0 aliphatic heterocycles. The molecule has 2 rings (SSSR count). The number of benzene rings is 1. The summed E-state index contributed by atoms with van der Waals surface area (Å²) in [6, 6.07) is 14.6. The van der Waals surface area contributed by atoms with Crippen LogP contribution < -0.4 is 5.32 Å². The second kappa shape index (κ2) is 5.98. The fourth-order valence-corrected chi connectivity index (χ4v) is 2.07. The molecule has 2 nitrogen and oxygen atoms in total. The Labute approximate surface area is 115 Å². The number of hydrogen-bond acceptors (Lipinski definition) is 2. The lowest BCUT2D eigenvalue weighted by Gasteiger charge is -2.20. The van der Waals surface area contributed by atoms with E-state index in [2.05, 4.69) is 61.4 Å². The van der Waals surface area contributed by atoms with Crippen LogP contribution in [0.15, 0.2) is 48.7 Å². The van der Waals surface area contributed by atoms with Crippen molar-refractivity contribution in [2.24, 2.45) is 0 Å². The zero-order chi connectivity index (χ0) is 13.7. The van der Waals surface area contributed by atoms with Gasteiger partial charge in [-0.3, -0.25) is 4.98 Å². The van der Waals surface area contributed by atoms with E-state index in [4.69, 9.17) is 0 Å². The Morgan fingerprint density at radius 1 is 1.00 bits per heavy atom. The predicted octanol–water partition coefficient (Wildman–Crippen LogP) is 3.68. The van der Waals surface area contributed by atoms with Crippen molar-refractivity contribution in [3.8, 4) is 11.3 Å². The average molecular weight is 254 g/mol. The van der Waals surface area contributed by atoms with Gasteiger partial charge in [0.2, 0.25) is 0 Å². The van der Waals surface area contributed by atoms with Gasteiger partial charge in [0.1, 0.15) is 0 Å². The monoisotopic (exact) mass is 254 g/mol. The standard InChI is InChI=1S/C17H22N2/c1-17(2,3)19-13-11-15-10-7-12-18-16(15)14-8-5-4-6-9-14/h4-10,12,19H,11,13H2,1-3H3. The maximum Gasteiger partial charge on any atom is 0.0734 e. The maximum atomic E-state index is 4.54. The first-order valence-corrected chi connectivity index (χ1v) is 6.80. The highest BCUT2D eigenvalue weighted by atomic mass is 14.9. The largest absolute Gasteiger partial charge is 0.312 e. The van der Waals surface area contributed by atoms with Crippen LogP contribution in [0.5, 0.6) is 0 Å². The van der Waals surface area contributed by atoms with Crippen LogP contribution in [-0.4, -0.2) is 17.1 Å². The second-order valence-corrected chi connectivity index (χ2v) is 5.80. The molecular weight excluding hydrogens is 232 g/mol. The van der Waals surface area contributed by atoms with Crippen molar-refractivity contribution < 1.29 is 0 Å². The number of pyridine rings is 1. The molecule has 0 aliphatic rings. The van der Waals surface area contributed by atoms with Gasteiger partial charge in [0.25, 0.3) is 0 Å².